The summed E-state index contributed by atoms with van der Waals surface area (Å²) in [5, 5.41) is 11.6. The van der Waals surface area contributed by atoms with Crippen molar-refractivity contribution in [3.05, 3.63) is 66.6 Å². The Balaban J connectivity index is 1.08. The predicted molar refractivity (Wildman–Crippen MR) is 160 cm³/mol. The molecule has 3 aromatic heterocycles. The van der Waals surface area contributed by atoms with E-state index in [0.717, 1.165) is 34.5 Å². The average Bonchev–Trinajstić information content (AvgIpc) is 3.38. The highest BCUT2D eigenvalue weighted by Gasteiger charge is 2.48. The normalized spacial score (nSPS) is 17.7. The maximum atomic E-state index is 12.8. The van der Waals surface area contributed by atoms with Gasteiger partial charge in [0.15, 0.2) is 5.82 Å². The monoisotopic (exact) mass is 578 g/mol. The molecule has 3 fully saturated rings. The topological polar surface area (TPSA) is 136 Å². The number of methoxy groups -OCH3 is 1. The number of ether oxygens (including phenoxy) is 2. The van der Waals surface area contributed by atoms with Gasteiger partial charge in [0.1, 0.15) is 34.4 Å². The summed E-state index contributed by atoms with van der Waals surface area (Å²) in [6, 6.07) is 11.7. The molecule has 0 radical (unpaired) electrons. The van der Waals surface area contributed by atoms with Gasteiger partial charge in [0.05, 0.1) is 30.4 Å². The van der Waals surface area contributed by atoms with Crippen molar-refractivity contribution >= 4 is 45.4 Å². The molecule has 0 saturated carbocycles. The van der Waals surface area contributed by atoms with Crippen LogP contribution < -0.4 is 15.0 Å². The van der Waals surface area contributed by atoms with Crippen molar-refractivity contribution in [1.29, 1.82) is 0 Å². The van der Waals surface area contributed by atoms with E-state index in [0.29, 0.717) is 47.2 Å². The molecule has 13 nitrogen and oxygen atoms in total. The number of amides is 1. The fourth-order valence-corrected chi connectivity index (χ4v) is 5.80. The van der Waals surface area contributed by atoms with Crippen molar-refractivity contribution < 1.29 is 14.3 Å². The predicted octanol–water partition coefficient (Wildman–Crippen LogP) is 3.54. The van der Waals surface area contributed by atoms with Crippen LogP contribution in [0.25, 0.3) is 22.1 Å². The molecule has 0 spiro atoms. The lowest BCUT2D eigenvalue weighted by Gasteiger charge is -2.56. The van der Waals surface area contributed by atoms with Crippen LogP contribution in [-0.4, -0.2) is 84.6 Å². The van der Waals surface area contributed by atoms with E-state index in [2.05, 4.69) is 42.1 Å². The Kier molecular flexibility index (Phi) is 6.58. The van der Waals surface area contributed by atoms with Gasteiger partial charge in [-0.05, 0) is 49.2 Å². The fraction of sp³-hybridized carbons (Fsp3) is 0.300. The SMILES string of the molecule is C=C(COC)C(=O)N1C2CC1CN(c1ncc3ncnc(Nc4ccc(Oc5ccc6c(c5)nnn6C)c(C)c4)c3n1)C2. The number of aromatic nitrogens is 7. The zero-order valence-electron chi connectivity index (χ0n) is 24.1. The first-order valence-corrected chi connectivity index (χ1v) is 13.9. The molecular formula is C30H30N10O3. The van der Waals surface area contributed by atoms with Crippen LogP contribution in [0.2, 0.25) is 0 Å². The minimum Gasteiger partial charge on any atom is -0.457 e. The molecule has 0 aliphatic carbocycles. The number of nitrogens with zero attached hydrogens (tertiary/aromatic N) is 9. The van der Waals surface area contributed by atoms with Gasteiger partial charge < -0.3 is 24.6 Å². The molecule has 3 aliphatic rings. The summed E-state index contributed by atoms with van der Waals surface area (Å²) in [6.07, 6.45) is 4.16. The fourth-order valence-electron chi connectivity index (χ4n) is 5.80. The van der Waals surface area contributed by atoms with Crippen LogP contribution >= 0.6 is 0 Å². The average molecular weight is 579 g/mol. The molecule has 2 aromatic carbocycles. The molecule has 5 aromatic rings. The van der Waals surface area contributed by atoms with Crippen LogP contribution in [0.3, 0.4) is 0 Å². The second-order valence-corrected chi connectivity index (χ2v) is 10.9. The molecule has 2 atom stereocenters. The molecule has 2 unspecified atom stereocenters. The summed E-state index contributed by atoms with van der Waals surface area (Å²) in [5.74, 6) is 2.53. The van der Waals surface area contributed by atoms with E-state index in [1.807, 2.05) is 55.3 Å². The van der Waals surface area contributed by atoms with Crippen molar-refractivity contribution in [3.63, 3.8) is 0 Å². The number of fused-ring (bicyclic) bond motifs is 4. The van der Waals surface area contributed by atoms with Gasteiger partial charge in [-0.3, -0.25) is 4.79 Å². The zero-order chi connectivity index (χ0) is 29.7. The van der Waals surface area contributed by atoms with E-state index in [1.54, 1.807) is 18.0 Å². The number of rotatable bonds is 8. The van der Waals surface area contributed by atoms with E-state index in [1.165, 1.54) is 6.33 Å². The van der Waals surface area contributed by atoms with Gasteiger partial charge in [0.25, 0.3) is 5.91 Å². The van der Waals surface area contributed by atoms with Gasteiger partial charge >= 0.3 is 0 Å². The first kappa shape index (κ1) is 26.7. The second-order valence-electron chi connectivity index (χ2n) is 10.9. The molecule has 13 heteroatoms. The maximum Gasteiger partial charge on any atom is 0.252 e. The highest BCUT2D eigenvalue weighted by molar-refractivity contribution is 5.94. The van der Waals surface area contributed by atoms with Crippen LogP contribution in [-0.2, 0) is 16.6 Å². The largest absolute Gasteiger partial charge is 0.457 e. The molecule has 2 bridgehead atoms. The molecular weight excluding hydrogens is 548 g/mol. The van der Waals surface area contributed by atoms with Crippen molar-refractivity contribution in [2.24, 2.45) is 7.05 Å². The second kappa shape index (κ2) is 10.6. The van der Waals surface area contributed by atoms with Crippen LogP contribution in [0.1, 0.15) is 12.0 Å². The number of benzene rings is 2. The first-order chi connectivity index (χ1) is 20.9. The summed E-state index contributed by atoms with van der Waals surface area (Å²) in [6.45, 7) is 7.40. The number of hydrogen-bond acceptors (Lipinski definition) is 11. The van der Waals surface area contributed by atoms with E-state index < -0.39 is 0 Å². The van der Waals surface area contributed by atoms with Gasteiger partial charge in [0.2, 0.25) is 5.95 Å². The molecule has 3 saturated heterocycles. The number of piperidine rings is 1. The lowest BCUT2D eigenvalue weighted by atomic mass is 9.86. The Bertz CT molecular complexity index is 1880. The molecule has 3 aliphatic heterocycles. The van der Waals surface area contributed by atoms with Gasteiger partial charge in [-0.25, -0.2) is 24.6 Å². The third-order valence-electron chi connectivity index (χ3n) is 7.94. The number of anilines is 3. The number of aryl methyl sites for hydroxylation is 2. The van der Waals surface area contributed by atoms with Gasteiger partial charge in [0, 0.05) is 44.6 Å². The third-order valence-corrected chi connectivity index (χ3v) is 7.94. The Labute approximate surface area is 247 Å². The third kappa shape index (κ3) is 4.87. The van der Waals surface area contributed by atoms with Crippen molar-refractivity contribution in [2.45, 2.75) is 25.4 Å². The van der Waals surface area contributed by atoms with Crippen molar-refractivity contribution in [2.75, 3.05) is 37.0 Å². The summed E-state index contributed by atoms with van der Waals surface area (Å²) in [5.41, 5.74) is 5.20. The summed E-state index contributed by atoms with van der Waals surface area (Å²) < 4.78 is 13.0. The Hall–Kier alpha value is -5.17. The molecule has 6 heterocycles. The molecule has 1 N–H and O–H groups in total. The van der Waals surface area contributed by atoms with Crippen LogP contribution in [0.4, 0.5) is 17.5 Å². The number of piperazine rings is 1. The number of carbonyl (C=O) groups excluding carboxylic acids is 1. The first-order valence-electron chi connectivity index (χ1n) is 13.9. The summed E-state index contributed by atoms with van der Waals surface area (Å²) in [7, 11) is 3.42. The minimum absolute atomic E-state index is 0.0413. The number of nitrogens with one attached hydrogen (secondary N) is 1. The van der Waals surface area contributed by atoms with Crippen LogP contribution in [0.5, 0.6) is 11.5 Å². The van der Waals surface area contributed by atoms with Crippen LogP contribution in [0.15, 0.2) is 61.1 Å². The lowest BCUT2D eigenvalue weighted by Crippen LogP contribution is -2.70. The molecule has 8 rings (SSSR count). The van der Waals surface area contributed by atoms with Gasteiger partial charge in [-0.15, -0.1) is 5.10 Å². The molecule has 218 valence electrons. The highest BCUT2D eigenvalue weighted by atomic mass is 16.5. The smallest absolute Gasteiger partial charge is 0.252 e. The van der Waals surface area contributed by atoms with E-state index in [9.17, 15) is 4.79 Å². The van der Waals surface area contributed by atoms with E-state index in [-0.39, 0.29) is 24.6 Å². The molecule has 43 heavy (non-hydrogen) atoms. The standard InChI is InChI=1S/C30H30N10O3/c1-17-9-19(5-8-26(17)43-22-6-7-25-23(11-22)36-37-38(25)3)34-28-27-24(32-16-33-28)12-31-30(35-27)39-13-20-10-21(14-39)40(20)29(41)18(2)15-42-4/h5-9,11-12,16,20-21H,2,10,13-15H2,1,3-4H3,(H,32,33,34). The Morgan fingerprint density at radius 3 is 2.72 bits per heavy atom. The highest BCUT2D eigenvalue weighted by Crippen LogP contribution is 2.36. The van der Waals surface area contributed by atoms with E-state index >= 15 is 0 Å². The van der Waals surface area contributed by atoms with Crippen molar-refractivity contribution in [1.82, 2.24) is 39.8 Å². The Morgan fingerprint density at radius 1 is 1.09 bits per heavy atom. The quantitative estimate of drug-likeness (QED) is 0.271. The Morgan fingerprint density at radius 2 is 1.93 bits per heavy atom. The van der Waals surface area contributed by atoms with Crippen molar-refractivity contribution in [3.8, 4) is 11.5 Å². The maximum absolute atomic E-state index is 12.8. The minimum atomic E-state index is -0.0413. The number of carbonyl (C=O) groups is 1. The summed E-state index contributed by atoms with van der Waals surface area (Å²) in [4.78, 5) is 35.1. The van der Waals surface area contributed by atoms with Gasteiger partial charge in [-0.1, -0.05) is 11.8 Å². The van der Waals surface area contributed by atoms with Crippen LogP contribution in [0, 0.1) is 6.92 Å². The van der Waals surface area contributed by atoms with Gasteiger partial charge in [-0.2, -0.15) is 0 Å². The lowest BCUT2D eigenvalue weighted by molar-refractivity contribution is -0.142. The summed E-state index contributed by atoms with van der Waals surface area (Å²) >= 11 is 0. The van der Waals surface area contributed by atoms with E-state index in [4.69, 9.17) is 14.5 Å². The molecule has 1 amide bonds. The number of hydrogen-bond donors (Lipinski definition) is 1. The zero-order valence-corrected chi connectivity index (χ0v) is 24.1.